The van der Waals surface area contributed by atoms with Crippen molar-refractivity contribution in [2.75, 3.05) is 0 Å². The molecule has 8 heteroatoms. The molecule has 0 aromatic heterocycles. The summed E-state index contributed by atoms with van der Waals surface area (Å²) in [7, 11) is 0.363. The number of benzene rings is 1. The van der Waals surface area contributed by atoms with Gasteiger partial charge in [-0.15, -0.1) is 0 Å². The van der Waals surface area contributed by atoms with Crippen molar-refractivity contribution in [3.8, 4) is 0 Å². The molecule has 4 nitrogen and oxygen atoms in total. The lowest BCUT2D eigenvalue weighted by Gasteiger charge is -2.03. The Kier molecular flexibility index (Phi) is 2.96. The molecule has 82 valence electrons. The number of halogens is 3. The number of nitrogens with two attached hydrogens (primary N) is 1. The SMILES string of the molecule is NC(=O)c1cc(F)cc(S(=O)(=O)Cl)c1F. The molecule has 1 amide bonds. The molecule has 0 saturated carbocycles. The Hall–Kier alpha value is -1.21. The lowest BCUT2D eigenvalue weighted by molar-refractivity contribution is 0.0995. The zero-order chi connectivity index (χ0) is 11.8. The molecule has 2 N–H and O–H groups in total. The van der Waals surface area contributed by atoms with E-state index in [2.05, 4.69) is 0 Å². The number of amides is 1. The number of hydrogen-bond donors (Lipinski definition) is 1. The molecule has 0 atom stereocenters. The summed E-state index contributed by atoms with van der Waals surface area (Å²) in [5.74, 6) is -3.86. The van der Waals surface area contributed by atoms with Gasteiger partial charge in [-0.25, -0.2) is 17.2 Å². The first-order chi connectivity index (χ1) is 6.73. The second-order valence-corrected chi connectivity index (χ2v) is 5.10. The van der Waals surface area contributed by atoms with Crippen LogP contribution in [0.25, 0.3) is 0 Å². The van der Waals surface area contributed by atoms with E-state index in [9.17, 15) is 22.0 Å². The molecular weight excluding hydrogens is 252 g/mol. The second kappa shape index (κ2) is 3.74. The molecule has 0 fully saturated rings. The first-order valence-corrected chi connectivity index (χ1v) is 5.78. The fourth-order valence-electron chi connectivity index (χ4n) is 0.921. The van der Waals surface area contributed by atoms with Crippen LogP contribution in [0.1, 0.15) is 10.4 Å². The van der Waals surface area contributed by atoms with Crippen LogP contribution in [0, 0.1) is 11.6 Å². The fraction of sp³-hybridized carbons (Fsp3) is 0. The smallest absolute Gasteiger partial charge is 0.264 e. The Bertz CT molecular complexity index is 529. The summed E-state index contributed by atoms with van der Waals surface area (Å²) < 4.78 is 47.6. The Morgan fingerprint density at radius 2 is 1.87 bits per heavy atom. The van der Waals surface area contributed by atoms with Crippen molar-refractivity contribution in [1.82, 2.24) is 0 Å². The average molecular weight is 256 g/mol. The van der Waals surface area contributed by atoms with E-state index in [0.717, 1.165) is 0 Å². The van der Waals surface area contributed by atoms with E-state index in [1.54, 1.807) is 0 Å². The van der Waals surface area contributed by atoms with Gasteiger partial charge in [0.1, 0.15) is 10.7 Å². The summed E-state index contributed by atoms with van der Waals surface area (Å²) in [5.41, 5.74) is 3.85. The molecule has 0 saturated heterocycles. The van der Waals surface area contributed by atoms with Crippen LogP contribution in [-0.2, 0) is 9.05 Å². The van der Waals surface area contributed by atoms with Crippen molar-refractivity contribution in [3.05, 3.63) is 29.3 Å². The van der Waals surface area contributed by atoms with Gasteiger partial charge in [-0.2, -0.15) is 0 Å². The van der Waals surface area contributed by atoms with Crippen molar-refractivity contribution in [1.29, 1.82) is 0 Å². The van der Waals surface area contributed by atoms with Gasteiger partial charge in [0.15, 0.2) is 5.82 Å². The summed E-state index contributed by atoms with van der Waals surface area (Å²) in [6.45, 7) is 0. The zero-order valence-corrected chi connectivity index (χ0v) is 8.57. The van der Waals surface area contributed by atoms with Crippen LogP contribution in [-0.4, -0.2) is 14.3 Å². The van der Waals surface area contributed by atoms with Crippen molar-refractivity contribution >= 4 is 25.6 Å². The third-order valence-corrected chi connectivity index (χ3v) is 2.85. The summed E-state index contributed by atoms with van der Waals surface area (Å²) >= 11 is 0. The Morgan fingerprint density at radius 1 is 1.33 bits per heavy atom. The summed E-state index contributed by atoms with van der Waals surface area (Å²) in [6.07, 6.45) is 0. The Morgan fingerprint density at radius 3 is 2.27 bits per heavy atom. The third kappa shape index (κ3) is 2.42. The maximum absolute atomic E-state index is 13.3. The molecule has 0 aliphatic rings. The third-order valence-electron chi connectivity index (χ3n) is 1.53. The molecule has 1 aromatic rings. The molecular formula is C7H4ClF2NO3S. The number of rotatable bonds is 2. The predicted octanol–water partition coefficient (Wildman–Crippen LogP) is 0.991. The minimum atomic E-state index is -4.46. The van der Waals surface area contributed by atoms with Gasteiger partial charge in [0.05, 0.1) is 5.56 Å². The molecule has 0 aliphatic carbocycles. The van der Waals surface area contributed by atoms with E-state index < -0.39 is 37.1 Å². The van der Waals surface area contributed by atoms with Crippen LogP contribution < -0.4 is 5.73 Å². The van der Waals surface area contributed by atoms with E-state index in [0.29, 0.717) is 12.1 Å². The Labute approximate surface area is 88.1 Å². The molecule has 0 radical (unpaired) electrons. The van der Waals surface area contributed by atoms with Crippen LogP contribution in [0.3, 0.4) is 0 Å². The van der Waals surface area contributed by atoms with Crippen molar-refractivity contribution in [2.24, 2.45) is 5.73 Å². The maximum Gasteiger partial charge on any atom is 0.264 e. The molecule has 0 heterocycles. The van der Waals surface area contributed by atoms with Gasteiger partial charge in [-0.1, -0.05) is 0 Å². The van der Waals surface area contributed by atoms with Crippen molar-refractivity contribution < 1.29 is 22.0 Å². The predicted molar refractivity (Wildman–Crippen MR) is 47.9 cm³/mol. The molecule has 0 aliphatic heterocycles. The van der Waals surface area contributed by atoms with Gasteiger partial charge in [0.25, 0.3) is 15.0 Å². The highest BCUT2D eigenvalue weighted by Crippen LogP contribution is 2.23. The average Bonchev–Trinajstić information content (AvgIpc) is 2.06. The van der Waals surface area contributed by atoms with E-state index in [1.807, 2.05) is 0 Å². The highest BCUT2D eigenvalue weighted by Gasteiger charge is 2.22. The van der Waals surface area contributed by atoms with Gasteiger partial charge in [0.2, 0.25) is 0 Å². The normalized spacial score (nSPS) is 11.4. The van der Waals surface area contributed by atoms with Gasteiger partial charge < -0.3 is 5.73 Å². The number of hydrogen-bond acceptors (Lipinski definition) is 3. The zero-order valence-electron chi connectivity index (χ0n) is 7.00. The molecule has 1 aromatic carbocycles. The quantitative estimate of drug-likeness (QED) is 0.801. The molecule has 0 spiro atoms. The van der Waals surface area contributed by atoms with E-state index in [4.69, 9.17) is 16.4 Å². The summed E-state index contributed by atoms with van der Waals surface area (Å²) in [4.78, 5) is 9.52. The lowest BCUT2D eigenvalue weighted by Crippen LogP contribution is -2.15. The van der Waals surface area contributed by atoms with Crippen LogP contribution in [0.5, 0.6) is 0 Å². The minimum absolute atomic E-state index is 0.365. The van der Waals surface area contributed by atoms with E-state index >= 15 is 0 Å². The van der Waals surface area contributed by atoms with Crippen LogP contribution in [0.2, 0.25) is 0 Å². The van der Waals surface area contributed by atoms with E-state index in [1.165, 1.54) is 0 Å². The number of primary amides is 1. The monoisotopic (exact) mass is 255 g/mol. The van der Waals surface area contributed by atoms with Crippen molar-refractivity contribution in [2.45, 2.75) is 4.90 Å². The van der Waals surface area contributed by atoms with Crippen LogP contribution >= 0.6 is 10.7 Å². The Balaban J connectivity index is 3.63. The largest absolute Gasteiger partial charge is 0.366 e. The lowest BCUT2D eigenvalue weighted by atomic mass is 10.2. The fourth-order valence-corrected chi connectivity index (χ4v) is 1.84. The van der Waals surface area contributed by atoms with Gasteiger partial charge >= 0.3 is 0 Å². The first-order valence-electron chi connectivity index (χ1n) is 3.47. The van der Waals surface area contributed by atoms with E-state index in [-0.39, 0.29) is 0 Å². The molecule has 15 heavy (non-hydrogen) atoms. The summed E-state index contributed by atoms with van der Waals surface area (Å²) in [5, 5.41) is 0. The van der Waals surface area contributed by atoms with Gasteiger partial charge in [0, 0.05) is 10.7 Å². The first kappa shape index (κ1) is 11.9. The second-order valence-electron chi connectivity index (χ2n) is 2.57. The van der Waals surface area contributed by atoms with Gasteiger partial charge in [-0.05, 0) is 12.1 Å². The topological polar surface area (TPSA) is 77.2 Å². The molecule has 0 unspecified atom stereocenters. The highest BCUT2D eigenvalue weighted by atomic mass is 35.7. The van der Waals surface area contributed by atoms with Crippen molar-refractivity contribution in [3.63, 3.8) is 0 Å². The summed E-state index contributed by atoms with van der Waals surface area (Å²) in [6, 6.07) is 0.855. The molecule has 1 rings (SSSR count). The number of carbonyl (C=O) groups is 1. The van der Waals surface area contributed by atoms with Crippen LogP contribution in [0.15, 0.2) is 17.0 Å². The standard InChI is InChI=1S/C7H4ClF2NO3S/c8-15(13,14)5-2-3(9)1-4(6(5)10)7(11)12/h1-2H,(H2,11,12). The molecule has 0 bridgehead atoms. The maximum atomic E-state index is 13.3. The number of carbonyl (C=O) groups excluding carboxylic acids is 1. The van der Waals surface area contributed by atoms with Gasteiger partial charge in [-0.3, -0.25) is 4.79 Å². The minimum Gasteiger partial charge on any atom is -0.366 e. The highest BCUT2D eigenvalue weighted by molar-refractivity contribution is 8.13. The van der Waals surface area contributed by atoms with Crippen LogP contribution in [0.4, 0.5) is 8.78 Å².